The van der Waals surface area contributed by atoms with E-state index in [2.05, 4.69) is 26.0 Å². The van der Waals surface area contributed by atoms with Gasteiger partial charge in [-0.2, -0.15) is 5.10 Å². The summed E-state index contributed by atoms with van der Waals surface area (Å²) in [4.78, 5) is 12.4. The maximum Gasteiger partial charge on any atom is 0.264 e. The van der Waals surface area contributed by atoms with Gasteiger partial charge < -0.3 is 25.4 Å². The largest absolute Gasteiger partial charge is 0.493 e. The molecule has 0 aliphatic carbocycles. The third kappa shape index (κ3) is 6.10. The number of methoxy groups -OCH3 is 2. The molecule has 11 nitrogen and oxygen atoms in total. The molecule has 1 heterocycles. The van der Waals surface area contributed by atoms with Gasteiger partial charge in [-0.15, -0.1) is 10.2 Å². The molecule has 12 heteroatoms. The molecule has 34 heavy (non-hydrogen) atoms. The minimum absolute atomic E-state index is 0.0870. The zero-order valence-corrected chi connectivity index (χ0v) is 20.2. The number of hydrazone groups is 1. The highest BCUT2D eigenvalue weighted by Crippen LogP contribution is 2.28. The van der Waals surface area contributed by atoms with Crippen molar-refractivity contribution in [2.75, 3.05) is 43.2 Å². The molecular formula is C22H27N7O4S. The van der Waals surface area contributed by atoms with Crippen LogP contribution in [0.2, 0.25) is 0 Å². The van der Waals surface area contributed by atoms with E-state index in [0.717, 1.165) is 17.3 Å². The normalized spacial score (nSPS) is 11.1. The van der Waals surface area contributed by atoms with Crippen LogP contribution in [-0.4, -0.2) is 53.1 Å². The predicted octanol–water partition coefficient (Wildman–Crippen LogP) is 2.97. The first-order valence-corrected chi connectivity index (χ1v) is 11.3. The van der Waals surface area contributed by atoms with Crippen molar-refractivity contribution in [2.45, 2.75) is 19.0 Å². The number of anilines is 2. The maximum absolute atomic E-state index is 12.4. The molecule has 0 unspecified atom stereocenters. The van der Waals surface area contributed by atoms with E-state index in [1.807, 2.05) is 38.1 Å². The molecule has 0 radical (unpaired) electrons. The zero-order chi connectivity index (χ0) is 24.5. The number of nitrogens with two attached hydrogens (primary N) is 1. The van der Waals surface area contributed by atoms with Gasteiger partial charge in [-0.05, 0) is 44.2 Å². The van der Waals surface area contributed by atoms with Gasteiger partial charge in [-0.25, -0.2) is 10.1 Å². The number of hydrogen-bond acceptors (Lipinski definition) is 10. The van der Waals surface area contributed by atoms with Crippen molar-refractivity contribution in [3.8, 4) is 17.2 Å². The summed E-state index contributed by atoms with van der Waals surface area (Å²) in [5.74, 6) is 7.98. The number of para-hydroxylation sites is 2. The third-order valence-electron chi connectivity index (χ3n) is 4.58. The number of nitrogen functional groups attached to an aromatic ring is 1. The van der Waals surface area contributed by atoms with Gasteiger partial charge >= 0.3 is 0 Å². The van der Waals surface area contributed by atoms with E-state index >= 15 is 0 Å². The van der Waals surface area contributed by atoms with Crippen LogP contribution in [0.3, 0.4) is 0 Å². The number of hydrogen-bond donors (Lipinski definition) is 3. The molecule has 4 N–H and O–H groups in total. The van der Waals surface area contributed by atoms with E-state index in [-0.39, 0.29) is 17.6 Å². The van der Waals surface area contributed by atoms with Crippen molar-refractivity contribution in [3.05, 3.63) is 48.0 Å². The molecule has 3 rings (SSSR count). The molecule has 3 aromatic rings. The Hall–Kier alpha value is -3.93. The maximum atomic E-state index is 12.4. The lowest BCUT2D eigenvalue weighted by Gasteiger charge is -2.11. The number of benzene rings is 2. The summed E-state index contributed by atoms with van der Waals surface area (Å²) in [6.07, 6.45) is 0. The fourth-order valence-electron chi connectivity index (χ4n) is 2.88. The monoisotopic (exact) mass is 485 g/mol. The quantitative estimate of drug-likeness (QED) is 0.162. The number of carbonyl (C=O) groups is 1. The van der Waals surface area contributed by atoms with Crippen LogP contribution in [0.5, 0.6) is 17.2 Å². The summed E-state index contributed by atoms with van der Waals surface area (Å²) in [5, 5.41) is 15.5. The SMILES string of the molecule is CCOc1ccccc1NC(=O)CSc1nnc(N/N=C(\C)c2ccc(OC)c(OC)c2)n1N. The van der Waals surface area contributed by atoms with Gasteiger partial charge in [0.25, 0.3) is 5.95 Å². The minimum atomic E-state index is -0.225. The molecule has 0 spiro atoms. The van der Waals surface area contributed by atoms with E-state index in [1.165, 1.54) is 4.68 Å². The average Bonchev–Trinajstić information content (AvgIpc) is 3.21. The van der Waals surface area contributed by atoms with Crippen LogP contribution in [0.4, 0.5) is 11.6 Å². The van der Waals surface area contributed by atoms with Crippen molar-refractivity contribution in [3.63, 3.8) is 0 Å². The molecule has 0 aliphatic heterocycles. The van der Waals surface area contributed by atoms with Gasteiger partial charge in [0.2, 0.25) is 11.1 Å². The number of aromatic nitrogens is 3. The number of thioether (sulfide) groups is 1. The van der Waals surface area contributed by atoms with Crippen molar-refractivity contribution in [1.29, 1.82) is 0 Å². The van der Waals surface area contributed by atoms with E-state index in [0.29, 0.717) is 40.4 Å². The summed E-state index contributed by atoms with van der Waals surface area (Å²) in [7, 11) is 3.15. The van der Waals surface area contributed by atoms with Crippen LogP contribution >= 0.6 is 11.8 Å². The topological polar surface area (TPSA) is 138 Å². The molecule has 1 amide bonds. The van der Waals surface area contributed by atoms with Gasteiger partial charge in [0.15, 0.2) is 11.5 Å². The smallest absolute Gasteiger partial charge is 0.264 e. The first kappa shape index (κ1) is 24.7. The number of rotatable bonds is 11. The highest BCUT2D eigenvalue weighted by atomic mass is 32.2. The first-order chi connectivity index (χ1) is 16.5. The lowest BCUT2D eigenvalue weighted by Crippen LogP contribution is -2.17. The molecular weight excluding hydrogens is 458 g/mol. The number of amides is 1. The Morgan fingerprint density at radius 1 is 1.12 bits per heavy atom. The van der Waals surface area contributed by atoms with E-state index in [4.69, 9.17) is 20.1 Å². The summed E-state index contributed by atoms with van der Waals surface area (Å²) >= 11 is 1.15. The molecule has 180 valence electrons. The van der Waals surface area contributed by atoms with Gasteiger partial charge in [0, 0.05) is 5.56 Å². The van der Waals surface area contributed by atoms with Crippen LogP contribution in [-0.2, 0) is 4.79 Å². The number of carbonyl (C=O) groups excluding carboxylic acids is 1. The Labute approximate surface area is 201 Å². The summed E-state index contributed by atoms with van der Waals surface area (Å²) in [6.45, 7) is 4.21. The minimum Gasteiger partial charge on any atom is -0.493 e. The molecule has 0 atom stereocenters. The second kappa shape index (κ2) is 11.8. The van der Waals surface area contributed by atoms with Gasteiger partial charge in [-0.1, -0.05) is 23.9 Å². The van der Waals surface area contributed by atoms with Crippen molar-refractivity contribution < 1.29 is 19.0 Å². The van der Waals surface area contributed by atoms with Crippen LogP contribution in [0.1, 0.15) is 19.4 Å². The molecule has 0 saturated carbocycles. The second-order valence-electron chi connectivity index (χ2n) is 6.82. The average molecular weight is 486 g/mol. The van der Waals surface area contributed by atoms with Crippen molar-refractivity contribution in [1.82, 2.24) is 14.9 Å². The van der Waals surface area contributed by atoms with Crippen molar-refractivity contribution in [2.24, 2.45) is 5.10 Å². The van der Waals surface area contributed by atoms with Gasteiger partial charge in [0.05, 0.1) is 38.0 Å². The number of nitrogens with one attached hydrogen (secondary N) is 2. The summed E-state index contributed by atoms with van der Waals surface area (Å²) < 4.78 is 17.3. The summed E-state index contributed by atoms with van der Waals surface area (Å²) in [6, 6.07) is 12.7. The van der Waals surface area contributed by atoms with E-state index in [9.17, 15) is 4.79 Å². The third-order valence-corrected chi connectivity index (χ3v) is 5.53. The van der Waals surface area contributed by atoms with E-state index in [1.54, 1.807) is 32.4 Å². The molecule has 0 fully saturated rings. The molecule has 1 aromatic heterocycles. The lowest BCUT2D eigenvalue weighted by atomic mass is 10.1. The van der Waals surface area contributed by atoms with Crippen LogP contribution < -0.4 is 30.8 Å². The molecule has 2 aromatic carbocycles. The Morgan fingerprint density at radius 3 is 2.62 bits per heavy atom. The van der Waals surface area contributed by atoms with E-state index < -0.39 is 0 Å². The highest BCUT2D eigenvalue weighted by Gasteiger charge is 2.14. The van der Waals surface area contributed by atoms with Crippen LogP contribution in [0.15, 0.2) is 52.7 Å². The number of ether oxygens (including phenoxy) is 3. The van der Waals surface area contributed by atoms with Crippen LogP contribution in [0.25, 0.3) is 0 Å². The Kier molecular flexibility index (Phi) is 8.57. The second-order valence-corrected chi connectivity index (χ2v) is 7.76. The zero-order valence-electron chi connectivity index (χ0n) is 19.4. The Morgan fingerprint density at radius 2 is 1.88 bits per heavy atom. The summed E-state index contributed by atoms with van der Waals surface area (Å²) in [5.41, 5.74) is 4.90. The predicted molar refractivity (Wildman–Crippen MR) is 133 cm³/mol. The molecule has 0 saturated heterocycles. The van der Waals surface area contributed by atoms with Crippen molar-refractivity contribution >= 4 is 35.0 Å². The number of nitrogens with zero attached hydrogens (tertiary/aromatic N) is 4. The molecule has 0 aliphatic rings. The molecule has 0 bridgehead atoms. The highest BCUT2D eigenvalue weighted by molar-refractivity contribution is 7.99. The first-order valence-electron chi connectivity index (χ1n) is 10.3. The fraction of sp³-hybridized carbons (Fsp3) is 0.273. The van der Waals surface area contributed by atoms with Crippen LogP contribution in [0, 0.1) is 0 Å². The Bertz CT molecular complexity index is 1170. The van der Waals surface area contributed by atoms with Gasteiger partial charge in [-0.3, -0.25) is 4.79 Å². The lowest BCUT2D eigenvalue weighted by molar-refractivity contribution is -0.113. The fourth-order valence-corrected chi connectivity index (χ4v) is 3.54. The Balaban J connectivity index is 1.60. The standard InChI is InChI=1S/C22H27N7O4S/c1-5-33-17-9-7-6-8-16(17)24-20(30)13-34-22-28-27-21(29(22)23)26-25-14(2)15-10-11-18(31-3)19(12-15)32-4/h6-12H,5,13,23H2,1-4H3,(H,24,30)(H,26,27)/b25-14+. The van der Waals surface area contributed by atoms with Gasteiger partial charge in [0.1, 0.15) is 5.75 Å².